The molecule has 2 aliphatic rings. The number of ether oxygens (including phenoxy) is 1. The second-order valence-corrected chi connectivity index (χ2v) is 4.53. The number of ketones is 1. The lowest BCUT2D eigenvalue weighted by Crippen LogP contribution is -2.22. The lowest BCUT2D eigenvalue weighted by Gasteiger charge is -2.24. The normalized spacial score (nSPS) is 32.2. The Morgan fingerprint density at radius 1 is 1.36 bits per heavy atom. The Labute approximate surface area is 85.3 Å². The first kappa shape index (κ1) is 9.75. The Morgan fingerprint density at radius 3 is 2.64 bits per heavy atom. The number of rotatable bonds is 2. The van der Waals surface area contributed by atoms with Crippen LogP contribution in [0, 0.1) is 11.8 Å². The highest BCUT2D eigenvalue weighted by Gasteiger charge is 2.28. The second-order valence-electron chi connectivity index (χ2n) is 4.53. The lowest BCUT2D eigenvalue weighted by atomic mass is 9.80. The predicted octanol–water partition coefficient (Wildman–Crippen LogP) is 2.69. The lowest BCUT2D eigenvalue weighted by molar-refractivity contribution is -0.123. The van der Waals surface area contributed by atoms with E-state index in [1.54, 1.807) is 0 Å². The fourth-order valence-electron chi connectivity index (χ4n) is 2.31. The van der Waals surface area contributed by atoms with Crippen LogP contribution in [0.3, 0.4) is 0 Å². The van der Waals surface area contributed by atoms with Crippen LogP contribution in [0.15, 0.2) is 11.8 Å². The van der Waals surface area contributed by atoms with Gasteiger partial charge in [0, 0.05) is 12.3 Å². The highest BCUT2D eigenvalue weighted by Crippen LogP contribution is 2.31. The second kappa shape index (κ2) is 4.16. The van der Waals surface area contributed by atoms with Gasteiger partial charge in [-0.2, -0.15) is 0 Å². The number of hydrogen-bond donors (Lipinski definition) is 0. The SMILES string of the molecule is CC1CCC(C(=O)C2=CCCO2)CC1. The standard InChI is InChI=1S/C12H18O2/c1-9-4-6-10(7-5-9)12(13)11-3-2-8-14-11/h3,9-10H,2,4-8H2,1H3. The highest BCUT2D eigenvalue weighted by atomic mass is 16.5. The van der Waals surface area contributed by atoms with Gasteiger partial charge in [0.2, 0.25) is 0 Å². The van der Waals surface area contributed by atoms with Crippen molar-refractivity contribution in [3.63, 3.8) is 0 Å². The van der Waals surface area contributed by atoms with Crippen LogP contribution in [0.5, 0.6) is 0 Å². The largest absolute Gasteiger partial charge is 0.490 e. The zero-order valence-electron chi connectivity index (χ0n) is 8.79. The summed E-state index contributed by atoms with van der Waals surface area (Å²) in [6, 6.07) is 0. The summed E-state index contributed by atoms with van der Waals surface area (Å²) < 4.78 is 5.31. The minimum Gasteiger partial charge on any atom is -0.490 e. The number of hydrogen-bond acceptors (Lipinski definition) is 2. The third-order valence-electron chi connectivity index (χ3n) is 3.33. The minimum absolute atomic E-state index is 0.246. The summed E-state index contributed by atoms with van der Waals surface area (Å²) >= 11 is 0. The molecule has 1 fully saturated rings. The van der Waals surface area contributed by atoms with Crippen LogP contribution < -0.4 is 0 Å². The molecule has 2 rings (SSSR count). The molecule has 0 amide bonds. The van der Waals surface area contributed by atoms with Crippen LogP contribution in [-0.4, -0.2) is 12.4 Å². The summed E-state index contributed by atoms with van der Waals surface area (Å²) in [4.78, 5) is 11.9. The number of Topliss-reactive ketones (excluding diaryl/α,β-unsaturated/α-hetero) is 1. The van der Waals surface area contributed by atoms with E-state index in [0.717, 1.165) is 25.2 Å². The van der Waals surface area contributed by atoms with Crippen LogP contribution >= 0.6 is 0 Å². The molecule has 1 saturated carbocycles. The molecule has 0 aromatic rings. The highest BCUT2D eigenvalue weighted by molar-refractivity contribution is 5.95. The van der Waals surface area contributed by atoms with Gasteiger partial charge in [0.25, 0.3) is 0 Å². The average molecular weight is 194 g/mol. The third kappa shape index (κ3) is 1.99. The van der Waals surface area contributed by atoms with Gasteiger partial charge < -0.3 is 4.74 Å². The minimum atomic E-state index is 0.246. The summed E-state index contributed by atoms with van der Waals surface area (Å²) in [5, 5.41) is 0. The van der Waals surface area contributed by atoms with Crippen molar-refractivity contribution < 1.29 is 9.53 Å². The van der Waals surface area contributed by atoms with Crippen LogP contribution in [0.4, 0.5) is 0 Å². The van der Waals surface area contributed by atoms with Crippen LogP contribution in [-0.2, 0) is 9.53 Å². The zero-order chi connectivity index (χ0) is 9.97. The first-order valence-corrected chi connectivity index (χ1v) is 5.64. The van der Waals surface area contributed by atoms with E-state index in [1.165, 1.54) is 12.8 Å². The molecule has 1 heterocycles. The molecule has 14 heavy (non-hydrogen) atoms. The van der Waals surface area contributed by atoms with Crippen LogP contribution in [0.25, 0.3) is 0 Å². The predicted molar refractivity (Wildman–Crippen MR) is 54.8 cm³/mol. The number of carbonyl (C=O) groups excluding carboxylic acids is 1. The first-order valence-electron chi connectivity index (χ1n) is 5.64. The first-order chi connectivity index (χ1) is 6.77. The summed E-state index contributed by atoms with van der Waals surface area (Å²) in [5.41, 5.74) is 0. The monoisotopic (exact) mass is 194 g/mol. The maximum Gasteiger partial charge on any atom is 0.200 e. The molecule has 0 N–H and O–H groups in total. The van der Waals surface area contributed by atoms with Gasteiger partial charge in [0.15, 0.2) is 11.5 Å². The van der Waals surface area contributed by atoms with Crippen molar-refractivity contribution in [1.29, 1.82) is 0 Å². The molecular formula is C12H18O2. The van der Waals surface area contributed by atoms with Gasteiger partial charge in [-0.25, -0.2) is 0 Å². The van der Waals surface area contributed by atoms with Crippen molar-refractivity contribution in [2.24, 2.45) is 11.8 Å². The quantitative estimate of drug-likeness (QED) is 0.675. The van der Waals surface area contributed by atoms with Gasteiger partial charge in [-0.3, -0.25) is 4.79 Å². The van der Waals surface area contributed by atoms with E-state index in [0.29, 0.717) is 12.4 Å². The Hall–Kier alpha value is -0.790. The Kier molecular flexibility index (Phi) is 2.90. The smallest absolute Gasteiger partial charge is 0.200 e. The number of carbonyl (C=O) groups is 1. The van der Waals surface area contributed by atoms with Crippen molar-refractivity contribution in [3.05, 3.63) is 11.8 Å². The van der Waals surface area contributed by atoms with E-state index in [4.69, 9.17) is 4.74 Å². The Bertz CT molecular complexity index is 247. The molecule has 78 valence electrons. The molecule has 1 aliphatic carbocycles. The Balaban J connectivity index is 1.91. The summed E-state index contributed by atoms with van der Waals surface area (Å²) in [6.45, 7) is 2.97. The third-order valence-corrected chi connectivity index (χ3v) is 3.33. The fourth-order valence-corrected chi connectivity index (χ4v) is 2.31. The average Bonchev–Trinajstić information content (AvgIpc) is 2.71. The van der Waals surface area contributed by atoms with E-state index in [-0.39, 0.29) is 11.7 Å². The van der Waals surface area contributed by atoms with Gasteiger partial charge in [-0.15, -0.1) is 0 Å². The molecule has 2 nitrogen and oxygen atoms in total. The zero-order valence-corrected chi connectivity index (χ0v) is 8.79. The van der Waals surface area contributed by atoms with Crippen molar-refractivity contribution in [2.45, 2.75) is 39.0 Å². The van der Waals surface area contributed by atoms with Gasteiger partial charge in [-0.1, -0.05) is 19.8 Å². The molecule has 0 aromatic heterocycles. The Morgan fingerprint density at radius 2 is 2.07 bits per heavy atom. The van der Waals surface area contributed by atoms with Crippen molar-refractivity contribution in [2.75, 3.05) is 6.61 Å². The summed E-state index contributed by atoms with van der Waals surface area (Å²) in [7, 11) is 0. The van der Waals surface area contributed by atoms with Gasteiger partial charge in [0.1, 0.15) is 0 Å². The van der Waals surface area contributed by atoms with E-state index < -0.39 is 0 Å². The molecule has 0 atom stereocenters. The van der Waals surface area contributed by atoms with E-state index in [9.17, 15) is 4.79 Å². The van der Waals surface area contributed by atoms with E-state index in [1.807, 2.05) is 6.08 Å². The molecular weight excluding hydrogens is 176 g/mol. The van der Waals surface area contributed by atoms with Gasteiger partial charge >= 0.3 is 0 Å². The number of allylic oxidation sites excluding steroid dienone is 1. The fraction of sp³-hybridized carbons (Fsp3) is 0.750. The maximum atomic E-state index is 11.9. The van der Waals surface area contributed by atoms with Crippen molar-refractivity contribution in [1.82, 2.24) is 0 Å². The molecule has 0 unspecified atom stereocenters. The van der Waals surface area contributed by atoms with E-state index in [2.05, 4.69) is 6.92 Å². The topological polar surface area (TPSA) is 26.3 Å². The molecule has 0 aromatic carbocycles. The maximum absolute atomic E-state index is 11.9. The molecule has 2 heteroatoms. The van der Waals surface area contributed by atoms with Crippen molar-refractivity contribution in [3.8, 4) is 0 Å². The molecule has 1 aliphatic heterocycles. The van der Waals surface area contributed by atoms with E-state index >= 15 is 0 Å². The van der Waals surface area contributed by atoms with Crippen LogP contribution in [0.2, 0.25) is 0 Å². The van der Waals surface area contributed by atoms with Crippen LogP contribution in [0.1, 0.15) is 39.0 Å². The molecule has 0 spiro atoms. The van der Waals surface area contributed by atoms with Gasteiger partial charge in [0.05, 0.1) is 6.61 Å². The molecule has 0 radical (unpaired) electrons. The molecule has 0 saturated heterocycles. The summed E-state index contributed by atoms with van der Waals surface area (Å²) in [5.74, 6) is 1.95. The summed E-state index contributed by atoms with van der Waals surface area (Å²) in [6.07, 6.45) is 7.36. The van der Waals surface area contributed by atoms with Gasteiger partial charge in [-0.05, 0) is 24.8 Å². The van der Waals surface area contributed by atoms with Crippen molar-refractivity contribution >= 4 is 5.78 Å². The molecule has 0 bridgehead atoms.